The van der Waals surface area contributed by atoms with Gasteiger partial charge in [0, 0.05) is 24.0 Å². The zero-order valence-corrected chi connectivity index (χ0v) is 16.7. The van der Waals surface area contributed by atoms with Gasteiger partial charge in [0.25, 0.3) is 0 Å². The predicted octanol–water partition coefficient (Wildman–Crippen LogP) is 3.08. The van der Waals surface area contributed by atoms with Gasteiger partial charge in [0.2, 0.25) is 0 Å². The molecule has 1 aromatic heterocycles. The summed E-state index contributed by atoms with van der Waals surface area (Å²) >= 11 is 5.86. The minimum Gasteiger partial charge on any atom is -0.489 e. The second-order valence-corrected chi connectivity index (χ2v) is 6.66. The molecule has 0 aliphatic carbocycles. The first-order valence-corrected chi connectivity index (χ1v) is 9.45. The Morgan fingerprint density at radius 1 is 1.00 bits per heavy atom. The minimum atomic E-state index is -0.849. The van der Waals surface area contributed by atoms with Gasteiger partial charge in [0.05, 0.1) is 6.21 Å². The number of rotatable bonds is 7. The molecule has 2 amide bonds. The predicted molar refractivity (Wildman–Crippen MR) is 114 cm³/mol. The van der Waals surface area contributed by atoms with E-state index >= 15 is 0 Å². The zero-order valence-electron chi connectivity index (χ0n) is 15.9. The Morgan fingerprint density at radius 2 is 1.77 bits per heavy atom. The van der Waals surface area contributed by atoms with Gasteiger partial charge in [-0.05, 0) is 59.2 Å². The summed E-state index contributed by atoms with van der Waals surface area (Å²) in [4.78, 5) is 27.5. The Labute approximate surface area is 178 Å². The Kier molecular flexibility index (Phi) is 7.51. The fourth-order valence-corrected chi connectivity index (χ4v) is 2.50. The maximum Gasteiger partial charge on any atom is 0.329 e. The van der Waals surface area contributed by atoms with E-state index in [9.17, 15) is 9.59 Å². The molecule has 0 aliphatic heterocycles. The van der Waals surface area contributed by atoms with Gasteiger partial charge in [0.1, 0.15) is 12.4 Å². The summed E-state index contributed by atoms with van der Waals surface area (Å²) in [5.74, 6) is -0.930. The Morgan fingerprint density at radius 3 is 2.47 bits per heavy atom. The fourth-order valence-electron chi connectivity index (χ4n) is 2.38. The summed E-state index contributed by atoms with van der Waals surface area (Å²) in [6.45, 7) is 0.635. The molecule has 1 heterocycles. The average molecular weight is 423 g/mol. The van der Waals surface area contributed by atoms with E-state index in [2.05, 4.69) is 20.8 Å². The van der Waals surface area contributed by atoms with Crippen LogP contribution in [0, 0.1) is 0 Å². The molecule has 30 heavy (non-hydrogen) atoms. The molecule has 8 heteroatoms. The summed E-state index contributed by atoms with van der Waals surface area (Å²) in [6, 6.07) is 18.1. The van der Waals surface area contributed by atoms with Crippen LogP contribution in [0.2, 0.25) is 5.02 Å². The molecular weight excluding hydrogens is 404 g/mol. The van der Waals surface area contributed by atoms with Crippen molar-refractivity contribution in [1.82, 2.24) is 15.7 Å². The topological polar surface area (TPSA) is 92.7 Å². The molecule has 3 rings (SSSR count). The fraction of sp³-hybridized carbons (Fsp3) is 0.0909. The number of hydrogen-bond acceptors (Lipinski definition) is 5. The average Bonchev–Trinajstić information content (AvgIpc) is 2.78. The van der Waals surface area contributed by atoms with E-state index in [4.69, 9.17) is 16.3 Å². The van der Waals surface area contributed by atoms with Crippen LogP contribution in [-0.4, -0.2) is 23.0 Å². The third kappa shape index (κ3) is 6.72. The van der Waals surface area contributed by atoms with Crippen molar-refractivity contribution in [2.75, 3.05) is 0 Å². The molecule has 2 N–H and O–H groups in total. The van der Waals surface area contributed by atoms with E-state index in [1.807, 2.05) is 24.3 Å². The molecule has 0 unspecified atom stereocenters. The molecule has 0 saturated carbocycles. The number of carbonyl (C=O) groups excluding carboxylic acids is 2. The van der Waals surface area contributed by atoms with Gasteiger partial charge in [-0.15, -0.1) is 0 Å². The highest BCUT2D eigenvalue weighted by Gasteiger charge is 2.11. The molecule has 0 atom stereocenters. The number of pyridine rings is 1. The van der Waals surface area contributed by atoms with Crippen molar-refractivity contribution < 1.29 is 14.3 Å². The smallest absolute Gasteiger partial charge is 0.329 e. The molecular formula is C22H19ClN4O3. The van der Waals surface area contributed by atoms with Gasteiger partial charge < -0.3 is 10.1 Å². The van der Waals surface area contributed by atoms with Gasteiger partial charge >= 0.3 is 11.8 Å². The van der Waals surface area contributed by atoms with E-state index in [1.54, 1.807) is 48.8 Å². The SMILES string of the molecule is O=C(NCc1cccnc1)C(=O)NN=Cc1ccc(OCc2ccc(Cl)cc2)cc1. The molecule has 3 aromatic rings. The summed E-state index contributed by atoms with van der Waals surface area (Å²) in [5.41, 5.74) is 4.74. The van der Waals surface area contributed by atoms with Gasteiger partial charge in [0.15, 0.2) is 0 Å². The monoisotopic (exact) mass is 422 g/mol. The number of hydrazone groups is 1. The van der Waals surface area contributed by atoms with E-state index in [1.165, 1.54) is 6.21 Å². The molecule has 7 nitrogen and oxygen atoms in total. The maximum atomic E-state index is 11.8. The van der Waals surface area contributed by atoms with Crippen LogP contribution in [0.15, 0.2) is 78.2 Å². The van der Waals surface area contributed by atoms with Crippen LogP contribution in [0.1, 0.15) is 16.7 Å². The molecule has 152 valence electrons. The lowest BCUT2D eigenvalue weighted by molar-refractivity contribution is -0.139. The number of nitrogens with one attached hydrogen (secondary N) is 2. The summed E-state index contributed by atoms with van der Waals surface area (Å²) in [7, 11) is 0. The summed E-state index contributed by atoms with van der Waals surface area (Å²) in [6.07, 6.45) is 4.68. The molecule has 0 fully saturated rings. The third-order valence-electron chi connectivity index (χ3n) is 3.96. The van der Waals surface area contributed by atoms with Crippen molar-refractivity contribution in [2.45, 2.75) is 13.2 Å². The second kappa shape index (κ2) is 10.7. The van der Waals surface area contributed by atoms with Crippen molar-refractivity contribution in [3.8, 4) is 5.75 Å². The third-order valence-corrected chi connectivity index (χ3v) is 4.21. The lowest BCUT2D eigenvalue weighted by Gasteiger charge is -2.06. The second-order valence-electron chi connectivity index (χ2n) is 6.23. The largest absolute Gasteiger partial charge is 0.489 e. The summed E-state index contributed by atoms with van der Waals surface area (Å²) in [5, 5.41) is 6.98. The number of nitrogens with zero attached hydrogens (tertiary/aromatic N) is 2. The number of amides is 2. The van der Waals surface area contributed by atoms with Gasteiger partial charge in [-0.1, -0.05) is 29.8 Å². The number of aromatic nitrogens is 1. The first-order chi connectivity index (χ1) is 14.6. The van der Waals surface area contributed by atoms with E-state index in [-0.39, 0.29) is 6.54 Å². The molecule has 0 spiro atoms. The summed E-state index contributed by atoms with van der Waals surface area (Å²) < 4.78 is 5.71. The van der Waals surface area contributed by atoms with Gasteiger partial charge in [-0.3, -0.25) is 14.6 Å². The van der Waals surface area contributed by atoms with Gasteiger partial charge in [-0.25, -0.2) is 5.43 Å². The molecule has 2 aromatic carbocycles. The lowest BCUT2D eigenvalue weighted by Crippen LogP contribution is -2.37. The number of carbonyl (C=O) groups is 2. The van der Waals surface area contributed by atoms with Crippen LogP contribution in [0.5, 0.6) is 5.75 Å². The molecule has 0 radical (unpaired) electrons. The molecule has 0 aliphatic rings. The quantitative estimate of drug-likeness (QED) is 0.347. The Balaban J connectivity index is 1.42. The van der Waals surface area contributed by atoms with Crippen molar-refractivity contribution >= 4 is 29.6 Å². The highest BCUT2D eigenvalue weighted by Crippen LogP contribution is 2.15. The number of hydrogen-bond donors (Lipinski definition) is 2. The zero-order chi connectivity index (χ0) is 21.2. The van der Waals surface area contributed by atoms with Crippen LogP contribution in [0.3, 0.4) is 0 Å². The maximum absolute atomic E-state index is 11.8. The van der Waals surface area contributed by atoms with Crippen LogP contribution >= 0.6 is 11.6 Å². The van der Waals surface area contributed by atoms with E-state index in [0.29, 0.717) is 17.4 Å². The van der Waals surface area contributed by atoms with Crippen molar-refractivity contribution in [2.24, 2.45) is 5.10 Å². The van der Waals surface area contributed by atoms with E-state index in [0.717, 1.165) is 16.7 Å². The highest BCUT2D eigenvalue weighted by atomic mass is 35.5. The van der Waals surface area contributed by atoms with Crippen molar-refractivity contribution in [1.29, 1.82) is 0 Å². The van der Waals surface area contributed by atoms with Crippen molar-refractivity contribution in [3.63, 3.8) is 0 Å². The highest BCUT2D eigenvalue weighted by molar-refractivity contribution is 6.35. The lowest BCUT2D eigenvalue weighted by atomic mass is 10.2. The minimum absolute atomic E-state index is 0.210. The van der Waals surface area contributed by atoms with Gasteiger partial charge in [-0.2, -0.15) is 5.10 Å². The van der Waals surface area contributed by atoms with Crippen molar-refractivity contribution in [3.05, 3.63) is 94.8 Å². The Bertz CT molecular complexity index is 1010. The normalized spacial score (nSPS) is 10.6. The number of ether oxygens (including phenoxy) is 1. The number of halogens is 1. The van der Waals surface area contributed by atoms with Crippen LogP contribution < -0.4 is 15.5 Å². The van der Waals surface area contributed by atoms with Crippen LogP contribution in [-0.2, 0) is 22.7 Å². The first kappa shape index (κ1) is 21.0. The molecule has 0 bridgehead atoms. The Hall–Kier alpha value is -3.71. The molecule has 0 saturated heterocycles. The number of benzene rings is 2. The first-order valence-electron chi connectivity index (χ1n) is 9.07. The van der Waals surface area contributed by atoms with Crippen LogP contribution in [0.4, 0.5) is 0 Å². The van der Waals surface area contributed by atoms with E-state index < -0.39 is 11.8 Å². The van der Waals surface area contributed by atoms with Crippen LogP contribution in [0.25, 0.3) is 0 Å². The standard InChI is InChI=1S/C22H19ClN4O3/c23-19-7-3-17(4-8-19)15-30-20-9-5-16(6-10-20)14-26-27-22(29)21(28)25-13-18-2-1-11-24-12-18/h1-12,14H,13,15H2,(H,25,28)(H,27,29).